The highest BCUT2D eigenvalue weighted by Crippen LogP contribution is 2.33. The van der Waals surface area contributed by atoms with Crippen LogP contribution in [0, 0.1) is 17.3 Å². The third-order valence-corrected chi connectivity index (χ3v) is 7.36. The Morgan fingerprint density at radius 3 is 1.53 bits per heavy atom. The Morgan fingerprint density at radius 1 is 0.711 bits per heavy atom. The van der Waals surface area contributed by atoms with Crippen molar-refractivity contribution in [3.63, 3.8) is 0 Å². The SMILES string of the molecule is C=C(C)C(=O)OCC12OCC(CO1)CO2.C=CC(=O)OCC12OCC(CO1)CO2.CC=C(C)C(=O)OCC12COC(OC1)OC2. The van der Waals surface area contributed by atoms with Gasteiger partial charge in [0, 0.05) is 29.1 Å². The van der Waals surface area contributed by atoms with E-state index in [1.54, 1.807) is 26.8 Å². The highest BCUT2D eigenvalue weighted by Gasteiger charge is 2.47. The van der Waals surface area contributed by atoms with E-state index in [2.05, 4.69) is 13.2 Å². The van der Waals surface area contributed by atoms with Crippen molar-refractivity contribution in [1.82, 2.24) is 0 Å². The lowest BCUT2D eigenvalue weighted by Crippen LogP contribution is -2.56. The normalized spacial score (nSPS) is 34.3. The molecular weight excluding hydrogens is 600 g/mol. The summed E-state index contributed by atoms with van der Waals surface area (Å²) in [5.41, 5.74) is 0.609. The van der Waals surface area contributed by atoms with Gasteiger partial charge in [-0.2, -0.15) is 0 Å². The smallest absolute Gasteiger partial charge is 0.333 e. The molecule has 0 radical (unpaired) electrons. The number of allylic oxidation sites excluding steroid dienone is 1. The van der Waals surface area contributed by atoms with E-state index in [1.807, 2.05) is 0 Å². The number of hydrogen-bond donors (Lipinski definition) is 0. The average Bonchev–Trinajstić information content (AvgIpc) is 3.11. The van der Waals surface area contributed by atoms with Gasteiger partial charge in [0.1, 0.15) is 6.61 Å². The molecule has 0 atom stereocenters. The third-order valence-electron chi connectivity index (χ3n) is 7.36. The number of esters is 3. The second-order valence-electron chi connectivity index (χ2n) is 11.4. The van der Waals surface area contributed by atoms with E-state index in [0.717, 1.165) is 6.08 Å². The van der Waals surface area contributed by atoms with Crippen LogP contribution >= 0.6 is 0 Å². The van der Waals surface area contributed by atoms with E-state index in [0.29, 0.717) is 82.4 Å². The van der Waals surface area contributed by atoms with Crippen LogP contribution in [0.2, 0.25) is 0 Å². The summed E-state index contributed by atoms with van der Waals surface area (Å²) in [6, 6.07) is 0. The van der Waals surface area contributed by atoms with Gasteiger partial charge in [0.2, 0.25) is 0 Å². The van der Waals surface area contributed by atoms with Crippen molar-refractivity contribution in [2.75, 3.05) is 79.3 Å². The molecule has 0 aromatic heterocycles. The van der Waals surface area contributed by atoms with E-state index < -0.39 is 30.4 Å². The second kappa shape index (κ2) is 15.7. The van der Waals surface area contributed by atoms with Gasteiger partial charge in [-0.05, 0) is 20.8 Å². The largest absolute Gasteiger partial charge is 0.461 e. The molecule has 9 saturated heterocycles. The minimum Gasteiger partial charge on any atom is -0.461 e. The first-order valence-corrected chi connectivity index (χ1v) is 14.6. The standard InChI is InChI=1S/C11H16O5.C10H14O5.C9H12O5/c1-3-8(2)9(12)13-4-11-5-14-10(15-6-11)16-7-11;1-7(2)9(11)12-6-10-13-3-8(4-14-10)5-15-10;1-2-8(10)11-6-9-12-3-7(4-13-9)5-14-9/h3,10H,4-7H2,1-2H3;8H,1,3-6H2,2H3;2,7H,1,3-6H2. The predicted molar refractivity (Wildman–Crippen MR) is 150 cm³/mol. The van der Waals surface area contributed by atoms with Crippen molar-refractivity contribution in [3.8, 4) is 0 Å². The van der Waals surface area contributed by atoms with Gasteiger partial charge >= 0.3 is 29.9 Å². The molecule has 45 heavy (non-hydrogen) atoms. The number of ether oxygens (including phenoxy) is 12. The van der Waals surface area contributed by atoms with Gasteiger partial charge in [-0.1, -0.05) is 19.2 Å². The Hall–Kier alpha value is -2.73. The van der Waals surface area contributed by atoms with Gasteiger partial charge in [0.25, 0.3) is 6.48 Å². The molecule has 0 aromatic carbocycles. The molecule has 0 N–H and O–H groups in total. The van der Waals surface area contributed by atoms with Crippen LogP contribution in [0.4, 0.5) is 0 Å². The molecule has 9 aliphatic heterocycles. The van der Waals surface area contributed by atoms with Crippen molar-refractivity contribution in [2.24, 2.45) is 17.3 Å². The van der Waals surface area contributed by atoms with Crippen LogP contribution in [0.25, 0.3) is 0 Å². The van der Waals surface area contributed by atoms with Crippen molar-refractivity contribution >= 4 is 17.9 Å². The average molecular weight is 643 g/mol. The van der Waals surface area contributed by atoms with Crippen LogP contribution < -0.4 is 0 Å². The van der Waals surface area contributed by atoms with Crippen LogP contribution in [0.3, 0.4) is 0 Å². The van der Waals surface area contributed by atoms with Crippen LogP contribution in [0.5, 0.6) is 0 Å². The molecule has 9 heterocycles. The predicted octanol–water partition coefficient (Wildman–Crippen LogP) is 1.36. The zero-order chi connectivity index (χ0) is 32.5. The Morgan fingerprint density at radius 2 is 1.13 bits per heavy atom. The monoisotopic (exact) mass is 642 g/mol. The molecule has 0 spiro atoms. The number of hydrogen-bond acceptors (Lipinski definition) is 15. The van der Waals surface area contributed by atoms with Crippen LogP contribution in [-0.2, 0) is 71.2 Å². The lowest BCUT2D eigenvalue weighted by molar-refractivity contribution is -0.455. The lowest BCUT2D eigenvalue weighted by atomic mass is 9.91. The molecule has 0 aliphatic carbocycles. The summed E-state index contributed by atoms with van der Waals surface area (Å²) in [7, 11) is 0. The van der Waals surface area contributed by atoms with Crippen molar-refractivity contribution < 1.29 is 71.2 Å². The maximum absolute atomic E-state index is 11.5. The maximum Gasteiger partial charge on any atom is 0.333 e. The number of fused-ring (bicyclic) bond motifs is 9. The van der Waals surface area contributed by atoms with Crippen molar-refractivity contribution in [1.29, 1.82) is 0 Å². The Bertz CT molecular complexity index is 1050. The van der Waals surface area contributed by atoms with E-state index in [9.17, 15) is 14.4 Å². The minimum atomic E-state index is -1.18. The van der Waals surface area contributed by atoms with Gasteiger partial charge in [-0.25, -0.2) is 14.4 Å². The Kier molecular flexibility index (Phi) is 12.3. The maximum atomic E-state index is 11.5. The fourth-order valence-electron chi connectivity index (χ4n) is 4.33. The fraction of sp³-hybridized carbons (Fsp3) is 0.700. The van der Waals surface area contributed by atoms with E-state index in [4.69, 9.17) is 56.8 Å². The molecule has 9 aliphatic rings. The first-order chi connectivity index (χ1) is 21.5. The quantitative estimate of drug-likeness (QED) is 0.201. The molecule has 0 unspecified atom stereocenters. The highest BCUT2D eigenvalue weighted by atomic mass is 16.9. The minimum absolute atomic E-state index is 0.0502. The summed E-state index contributed by atoms with van der Waals surface area (Å²) in [6.07, 6.45) is 2.81. The summed E-state index contributed by atoms with van der Waals surface area (Å²) in [4.78, 5) is 33.5. The lowest BCUT2D eigenvalue weighted by Gasteiger charge is -2.44. The van der Waals surface area contributed by atoms with Crippen molar-refractivity contribution in [3.05, 3.63) is 36.5 Å². The molecule has 252 valence electrons. The van der Waals surface area contributed by atoms with Crippen LogP contribution in [0.1, 0.15) is 20.8 Å². The highest BCUT2D eigenvalue weighted by molar-refractivity contribution is 5.87. The van der Waals surface area contributed by atoms with E-state index in [-0.39, 0.29) is 31.2 Å². The molecular formula is C30H42O15. The second-order valence-corrected chi connectivity index (χ2v) is 11.4. The topological polar surface area (TPSA) is 162 Å². The van der Waals surface area contributed by atoms with Gasteiger partial charge in [0.15, 0.2) is 13.2 Å². The Labute approximate surface area is 261 Å². The summed E-state index contributed by atoms with van der Waals surface area (Å²) < 4.78 is 62.7. The van der Waals surface area contributed by atoms with Gasteiger partial charge in [-0.15, -0.1) is 0 Å². The molecule has 0 aromatic rings. The molecule has 15 heteroatoms. The molecule has 0 amide bonds. The van der Waals surface area contributed by atoms with Crippen LogP contribution in [0.15, 0.2) is 36.5 Å². The van der Waals surface area contributed by atoms with Gasteiger partial charge in [-0.3, -0.25) is 0 Å². The van der Waals surface area contributed by atoms with Gasteiger partial charge < -0.3 is 56.8 Å². The number of carbonyl (C=O) groups is 3. The zero-order valence-electron chi connectivity index (χ0n) is 25.9. The summed E-state index contributed by atoms with van der Waals surface area (Å²) >= 11 is 0. The fourth-order valence-corrected chi connectivity index (χ4v) is 4.33. The first kappa shape index (κ1) is 35.1. The van der Waals surface area contributed by atoms with E-state index in [1.165, 1.54) is 0 Å². The molecule has 9 fully saturated rings. The van der Waals surface area contributed by atoms with Crippen molar-refractivity contribution in [2.45, 2.75) is 39.2 Å². The molecule has 6 bridgehead atoms. The van der Waals surface area contributed by atoms with E-state index >= 15 is 0 Å². The zero-order valence-corrected chi connectivity index (χ0v) is 25.9. The molecule has 0 saturated carbocycles. The molecule has 9 rings (SSSR count). The summed E-state index contributed by atoms with van der Waals surface area (Å²) in [5.74, 6) is -3.04. The Balaban J connectivity index is 0.000000154. The van der Waals surface area contributed by atoms with Crippen LogP contribution in [-0.4, -0.2) is 116 Å². The molecule has 15 nitrogen and oxygen atoms in total. The van der Waals surface area contributed by atoms with Gasteiger partial charge in [0.05, 0.1) is 64.9 Å². The number of carbonyl (C=O) groups excluding carboxylic acids is 3. The third kappa shape index (κ3) is 9.64. The number of rotatable bonds is 9. The first-order valence-electron chi connectivity index (χ1n) is 14.6. The summed E-state index contributed by atoms with van der Waals surface area (Å²) in [5, 5.41) is 0. The summed E-state index contributed by atoms with van der Waals surface area (Å²) in [6.45, 7) is 16.6.